The van der Waals surface area contributed by atoms with E-state index in [1.165, 1.54) is 18.4 Å². The molecular formula is C12H21NO. The van der Waals surface area contributed by atoms with E-state index in [0.717, 1.165) is 0 Å². The largest absolute Gasteiger partial charge is 0.383 e. The molecule has 0 bridgehead atoms. The summed E-state index contributed by atoms with van der Waals surface area (Å²) in [5.41, 5.74) is 6.46. The molecule has 1 aromatic rings. The smallest absolute Gasteiger partial charge is 0.0584 e. The van der Waals surface area contributed by atoms with Crippen molar-refractivity contribution in [2.24, 2.45) is 5.73 Å². The van der Waals surface area contributed by atoms with Crippen molar-refractivity contribution >= 4 is 0 Å². The molecule has 80 valence electrons. The Labute approximate surface area is 87.1 Å². The predicted molar refractivity (Wildman–Crippen MR) is 61.4 cm³/mol. The Morgan fingerprint density at radius 2 is 1.86 bits per heavy atom. The molecule has 0 atom stereocenters. The Balaban J connectivity index is 0.000000292. The molecule has 14 heavy (non-hydrogen) atoms. The number of nitrogens with two attached hydrogens (primary N) is 1. The van der Waals surface area contributed by atoms with Gasteiger partial charge in [0.25, 0.3) is 0 Å². The highest BCUT2D eigenvalue weighted by molar-refractivity contribution is 5.14. The standard InChI is InChI=1S/C9H12.C3H9NO/c1-2-6-9-7-4-3-5-8-9;1-5-3-2-4/h3-5,7-8H,2,6H2,1H3;2-4H2,1H3. The van der Waals surface area contributed by atoms with Gasteiger partial charge in [0.1, 0.15) is 0 Å². The highest BCUT2D eigenvalue weighted by Crippen LogP contribution is 2.00. The molecule has 0 heterocycles. The van der Waals surface area contributed by atoms with Crippen LogP contribution < -0.4 is 5.73 Å². The second kappa shape index (κ2) is 10.2. The molecule has 0 fully saturated rings. The Bertz CT molecular complexity index is 197. The number of rotatable bonds is 4. The summed E-state index contributed by atoms with van der Waals surface area (Å²) < 4.78 is 4.57. The van der Waals surface area contributed by atoms with Gasteiger partial charge in [0.15, 0.2) is 0 Å². The second-order valence-electron chi connectivity index (χ2n) is 3.02. The first-order valence-electron chi connectivity index (χ1n) is 5.08. The summed E-state index contributed by atoms with van der Waals surface area (Å²) in [7, 11) is 1.63. The van der Waals surface area contributed by atoms with E-state index in [1.807, 2.05) is 0 Å². The third-order valence-electron chi connectivity index (χ3n) is 1.70. The number of ether oxygens (including phenoxy) is 1. The first kappa shape index (κ1) is 13.1. The summed E-state index contributed by atoms with van der Waals surface area (Å²) in [6.45, 7) is 3.49. The van der Waals surface area contributed by atoms with Crippen LogP contribution >= 0.6 is 0 Å². The van der Waals surface area contributed by atoms with Crippen LogP contribution in [0.25, 0.3) is 0 Å². The Kier molecular flexibility index (Phi) is 9.59. The molecule has 1 aromatic carbocycles. The first-order chi connectivity index (χ1) is 6.85. The van der Waals surface area contributed by atoms with Crippen LogP contribution in [0.2, 0.25) is 0 Å². The van der Waals surface area contributed by atoms with Crippen LogP contribution in [0, 0.1) is 0 Å². The molecule has 0 aliphatic carbocycles. The molecule has 0 aliphatic heterocycles. The molecule has 0 radical (unpaired) electrons. The summed E-state index contributed by atoms with van der Waals surface area (Å²) in [5.74, 6) is 0. The SMILES string of the molecule is CCCc1ccccc1.COCCN. The van der Waals surface area contributed by atoms with Gasteiger partial charge >= 0.3 is 0 Å². The highest BCUT2D eigenvalue weighted by atomic mass is 16.5. The van der Waals surface area contributed by atoms with Gasteiger partial charge in [0.05, 0.1) is 6.61 Å². The molecule has 0 aliphatic rings. The van der Waals surface area contributed by atoms with Crippen molar-refractivity contribution in [2.75, 3.05) is 20.3 Å². The van der Waals surface area contributed by atoms with Crippen molar-refractivity contribution in [3.8, 4) is 0 Å². The lowest BCUT2D eigenvalue weighted by molar-refractivity contribution is 0.207. The van der Waals surface area contributed by atoms with Crippen LogP contribution in [-0.2, 0) is 11.2 Å². The number of hydrogen-bond acceptors (Lipinski definition) is 2. The van der Waals surface area contributed by atoms with Gasteiger partial charge in [-0.1, -0.05) is 43.7 Å². The quantitative estimate of drug-likeness (QED) is 0.799. The van der Waals surface area contributed by atoms with E-state index < -0.39 is 0 Å². The van der Waals surface area contributed by atoms with Gasteiger partial charge in [-0.15, -0.1) is 0 Å². The van der Waals surface area contributed by atoms with Crippen molar-refractivity contribution in [3.05, 3.63) is 35.9 Å². The number of aryl methyl sites for hydroxylation is 1. The predicted octanol–water partition coefficient (Wildman–Crippen LogP) is 2.23. The van der Waals surface area contributed by atoms with E-state index in [4.69, 9.17) is 5.73 Å². The van der Waals surface area contributed by atoms with Crippen molar-refractivity contribution in [1.29, 1.82) is 0 Å². The van der Waals surface area contributed by atoms with Crippen molar-refractivity contribution in [2.45, 2.75) is 19.8 Å². The normalized spacial score (nSPS) is 9.07. The Hall–Kier alpha value is -0.860. The minimum absolute atomic E-state index is 0.622. The molecule has 0 saturated heterocycles. The van der Waals surface area contributed by atoms with Gasteiger partial charge in [-0.25, -0.2) is 0 Å². The van der Waals surface area contributed by atoms with E-state index in [-0.39, 0.29) is 0 Å². The van der Waals surface area contributed by atoms with Gasteiger partial charge < -0.3 is 10.5 Å². The van der Waals surface area contributed by atoms with Gasteiger partial charge in [-0.05, 0) is 12.0 Å². The van der Waals surface area contributed by atoms with Crippen LogP contribution in [0.15, 0.2) is 30.3 Å². The fourth-order valence-electron chi connectivity index (χ4n) is 1.05. The van der Waals surface area contributed by atoms with Crippen LogP contribution in [0.1, 0.15) is 18.9 Å². The highest BCUT2D eigenvalue weighted by Gasteiger charge is 1.84. The second-order valence-corrected chi connectivity index (χ2v) is 3.02. The summed E-state index contributed by atoms with van der Waals surface area (Å²) >= 11 is 0. The third-order valence-corrected chi connectivity index (χ3v) is 1.70. The number of methoxy groups -OCH3 is 1. The maximum absolute atomic E-state index is 5.01. The Morgan fingerprint density at radius 3 is 2.21 bits per heavy atom. The molecule has 2 N–H and O–H groups in total. The summed E-state index contributed by atoms with van der Waals surface area (Å²) in [6.07, 6.45) is 2.45. The van der Waals surface area contributed by atoms with Crippen LogP contribution in [0.4, 0.5) is 0 Å². The zero-order chi connectivity index (χ0) is 10.6. The molecule has 2 nitrogen and oxygen atoms in total. The summed E-state index contributed by atoms with van der Waals surface area (Å²) in [6, 6.07) is 10.6. The van der Waals surface area contributed by atoms with E-state index in [9.17, 15) is 0 Å². The summed E-state index contributed by atoms with van der Waals surface area (Å²) in [4.78, 5) is 0. The van der Waals surface area contributed by atoms with Crippen LogP contribution in [0.5, 0.6) is 0 Å². The molecule has 0 aromatic heterocycles. The number of benzene rings is 1. The first-order valence-corrected chi connectivity index (χ1v) is 5.08. The topological polar surface area (TPSA) is 35.2 Å². The average Bonchev–Trinajstić information content (AvgIpc) is 2.22. The van der Waals surface area contributed by atoms with Gasteiger partial charge in [0.2, 0.25) is 0 Å². The molecule has 1 rings (SSSR count). The van der Waals surface area contributed by atoms with Gasteiger partial charge in [0, 0.05) is 13.7 Å². The van der Waals surface area contributed by atoms with Crippen molar-refractivity contribution in [1.82, 2.24) is 0 Å². The van der Waals surface area contributed by atoms with Gasteiger partial charge in [-0.3, -0.25) is 0 Å². The van der Waals surface area contributed by atoms with Crippen LogP contribution in [0.3, 0.4) is 0 Å². The fraction of sp³-hybridized carbons (Fsp3) is 0.500. The zero-order valence-corrected chi connectivity index (χ0v) is 9.20. The molecular weight excluding hydrogens is 174 g/mol. The lowest BCUT2D eigenvalue weighted by Crippen LogP contribution is -2.05. The number of hydrogen-bond donors (Lipinski definition) is 1. The lowest BCUT2D eigenvalue weighted by Gasteiger charge is -1.93. The minimum atomic E-state index is 0.622. The van der Waals surface area contributed by atoms with Crippen molar-refractivity contribution < 1.29 is 4.74 Å². The average molecular weight is 195 g/mol. The molecule has 0 spiro atoms. The fourth-order valence-corrected chi connectivity index (χ4v) is 1.05. The Morgan fingerprint density at radius 1 is 1.21 bits per heavy atom. The van der Waals surface area contributed by atoms with E-state index in [2.05, 4.69) is 42.0 Å². The minimum Gasteiger partial charge on any atom is -0.383 e. The zero-order valence-electron chi connectivity index (χ0n) is 9.20. The van der Waals surface area contributed by atoms with E-state index in [1.54, 1.807) is 7.11 Å². The molecule has 0 unspecified atom stereocenters. The van der Waals surface area contributed by atoms with Gasteiger partial charge in [-0.2, -0.15) is 0 Å². The molecule has 2 heteroatoms. The lowest BCUT2D eigenvalue weighted by atomic mass is 10.1. The molecule has 0 saturated carbocycles. The molecule has 0 amide bonds. The van der Waals surface area contributed by atoms with E-state index >= 15 is 0 Å². The van der Waals surface area contributed by atoms with Crippen molar-refractivity contribution in [3.63, 3.8) is 0 Å². The maximum atomic E-state index is 5.01. The van der Waals surface area contributed by atoms with Crippen LogP contribution in [-0.4, -0.2) is 20.3 Å². The summed E-state index contributed by atoms with van der Waals surface area (Å²) in [5, 5.41) is 0. The van der Waals surface area contributed by atoms with E-state index in [0.29, 0.717) is 13.2 Å². The monoisotopic (exact) mass is 195 g/mol. The third kappa shape index (κ3) is 7.77. The maximum Gasteiger partial charge on any atom is 0.0584 e.